The summed E-state index contributed by atoms with van der Waals surface area (Å²) in [6, 6.07) is 15.1. The molecule has 0 saturated carbocycles. The molecule has 2 aromatic rings. The Bertz CT molecular complexity index is 971. The number of methoxy groups -OCH3 is 1. The molecule has 0 spiro atoms. The van der Waals surface area contributed by atoms with E-state index in [1.165, 1.54) is 7.05 Å². The number of amides is 2. The number of urea groups is 1. The number of nitrogens with one attached hydrogen (secondary N) is 3. The van der Waals surface area contributed by atoms with Gasteiger partial charge in [-0.15, -0.1) is 0 Å². The van der Waals surface area contributed by atoms with Crippen LogP contribution in [0.25, 0.3) is 0 Å². The lowest BCUT2D eigenvalue weighted by molar-refractivity contribution is 0.234. The van der Waals surface area contributed by atoms with Gasteiger partial charge in [-0.3, -0.25) is 0 Å². The van der Waals surface area contributed by atoms with Crippen LogP contribution in [0, 0.1) is 0 Å². The summed E-state index contributed by atoms with van der Waals surface area (Å²) >= 11 is 0. The Kier molecular flexibility index (Phi) is 7.75. The molecule has 1 heterocycles. The predicted octanol–water partition coefficient (Wildman–Crippen LogP) is 2.21. The average Bonchev–Trinajstić information content (AvgIpc) is 2.78. The maximum atomic E-state index is 12.3. The molecule has 0 aromatic heterocycles. The van der Waals surface area contributed by atoms with E-state index in [2.05, 4.69) is 32.4 Å². The zero-order valence-electron chi connectivity index (χ0n) is 17.9. The highest BCUT2D eigenvalue weighted by Gasteiger charge is 2.21. The van der Waals surface area contributed by atoms with Gasteiger partial charge in [0.15, 0.2) is 0 Å². The van der Waals surface area contributed by atoms with Gasteiger partial charge in [0.2, 0.25) is 10.0 Å². The average molecular weight is 447 g/mol. The molecule has 168 valence electrons. The first-order valence-electron chi connectivity index (χ1n) is 10.3. The molecule has 31 heavy (non-hydrogen) atoms. The van der Waals surface area contributed by atoms with Crippen molar-refractivity contribution in [3.8, 4) is 5.75 Å². The topological polar surface area (TPSA) is 99.8 Å². The van der Waals surface area contributed by atoms with Crippen LogP contribution >= 0.6 is 0 Å². The smallest absolute Gasteiger partial charge is 0.315 e. The minimum Gasteiger partial charge on any atom is -0.497 e. The lowest BCUT2D eigenvalue weighted by atomic mass is 10.0. The molecule has 0 unspecified atom stereocenters. The van der Waals surface area contributed by atoms with Crippen molar-refractivity contribution in [3.63, 3.8) is 0 Å². The van der Waals surface area contributed by atoms with Gasteiger partial charge in [0.05, 0.1) is 12.9 Å². The van der Waals surface area contributed by atoms with Crippen LogP contribution in [-0.2, 0) is 22.3 Å². The van der Waals surface area contributed by atoms with Gasteiger partial charge in [-0.2, -0.15) is 0 Å². The molecule has 3 N–H and O–H groups in total. The highest BCUT2D eigenvalue weighted by atomic mass is 32.2. The SMILES string of the molecule is CNS(=O)(=O)Cc1cccc(CNC(=O)NC2CCN(c3ccc(OC)cc3)CC2)c1. The van der Waals surface area contributed by atoms with Crippen LogP contribution in [0.2, 0.25) is 0 Å². The maximum Gasteiger partial charge on any atom is 0.315 e. The van der Waals surface area contributed by atoms with E-state index in [0.29, 0.717) is 12.1 Å². The van der Waals surface area contributed by atoms with Crippen molar-refractivity contribution in [2.45, 2.75) is 31.2 Å². The summed E-state index contributed by atoms with van der Waals surface area (Å²) in [5.41, 5.74) is 2.69. The number of carbonyl (C=O) groups excluding carboxylic acids is 1. The lowest BCUT2D eigenvalue weighted by Crippen LogP contribution is -2.47. The standard InChI is InChI=1S/C22H30N4O4S/c1-23-31(28,29)16-18-5-3-4-17(14-18)15-24-22(27)25-19-10-12-26(13-11-19)20-6-8-21(30-2)9-7-20/h3-9,14,19,23H,10-13,15-16H2,1-2H3,(H2,24,25,27). The van der Waals surface area contributed by atoms with E-state index < -0.39 is 10.0 Å². The monoisotopic (exact) mass is 446 g/mol. The van der Waals surface area contributed by atoms with Gasteiger partial charge in [0.1, 0.15) is 5.75 Å². The first-order chi connectivity index (χ1) is 14.9. The number of hydrogen-bond acceptors (Lipinski definition) is 5. The molecule has 0 atom stereocenters. The fourth-order valence-electron chi connectivity index (χ4n) is 3.61. The summed E-state index contributed by atoms with van der Waals surface area (Å²) < 4.78 is 30.9. The van der Waals surface area contributed by atoms with Crippen LogP contribution in [0.4, 0.5) is 10.5 Å². The number of sulfonamides is 1. The number of piperidine rings is 1. The van der Waals surface area contributed by atoms with Crippen LogP contribution in [0.5, 0.6) is 5.75 Å². The van der Waals surface area contributed by atoms with Crippen molar-refractivity contribution in [3.05, 3.63) is 59.7 Å². The van der Waals surface area contributed by atoms with E-state index in [1.54, 1.807) is 25.3 Å². The summed E-state index contributed by atoms with van der Waals surface area (Å²) in [5.74, 6) is 0.752. The molecule has 9 heteroatoms. The highest BCUT2D eigenvalue weighted by Crippen LogP contribution is 2.22. The Hall–Kier alpha value is -2.78. The Labute approximate surface area is 184 Å². The van der Waals surface area contributed by atoms with E-state index in [9.17, 15) is 13.2 Å². The third kappa shape index (κ3) is 6.86. The molecule has 1 fully saturated rings. The van der Waals surface area contributed by atoms with Crippen LogP contribution in [-0.4, -0.2) is 47.7 Å². The molecule has 3 rings (SSSR count). The predicted molar refractivity (Wildman–Crippen MR) is 122 cm³/mol. The van der Waals surface area contributed by atoms with Gasteiger partial charge >= 0.3 is 6.03 Å². The third-order valence-corrected chi connectivity index (χ3v) is 6.72. The van der Waals surface area contributed by atoms with Gasteiger partial charge in [0.25, 0.3) is 0 Å². The van der Waals surface area contributed by atoms with Crippen molar-refractivity contribution < 1.29 is 17.9 Å². The number of rotatable bonds is 8. The fourth-order valence-corrected chi connectivity index (χ4v) is 4.38. The summed E-state index contributed by atoms with van der Waals surface area (Å²) in [6.45, 7) is 2.09. The summed E-state index contributed by atoms with van der Waals surface area (Å²) in [4.78, 5) is 14.6. The Balaban J connectivity index is 1.43. The second-order valence-electron chi connectivity index (χ2n) is 7.57. The molecule has 0 radical (unpaired) electrons. The minimum absolute atomic E-state index is 0.0870. The van der Waals surface area contributed by atoms with Crippen molar-refractivity contribution in [1.29, 1.82) is 0 Å². The minimum atomic E-state index is -3.33. The largest absolute Gasteiger partial charge is 0.497 e. The Morgan fingerprint density at radius 3 is 2.42 bits per heavy atom. The van der Waals surface area contributed by atoms with Gasteiger partial charge < -0.3 is 20.3 Å². The van der Waals surface area contributed by atoms with Crippen LogP contribution in [0.1, 0.15) is 24.0 Å². The van der Waals surface area contributed by atoms with Crippen molar-refractivity contribution >= 4 is 21.7 Å². The highest BCUT2D eigenvalue weighted by molar-refractivity contribution is 7.88. The van der Waals surface area contributed by atoms with E-state index in [0.717, 1.165) is 42.9 Å². The molecular weight excluding hydrogens is 416 g/mol. The Morgan fingerprint density at radius 1 is 1.10 bits per heavy atom. The van der Waals surface area contributed by atoms with E-state index >= 15 is 0 Å². The number of benzene rings is 2. The number of anilines is 1. The molecule has 1 aliphatic rings. The van der Waals surface area contributed by atoms with E-state index in [1.807, 2.05) is 18.2 Å². The molecule has 2 amide bonds. The molecule has 0 aliphatic carbocycles. The van der Waals surface area contributed by atoms with Crippen LogP contribution in [0.3, 0.4) is 0 Å². The zero-order chi connectivity index (χ0) is 22.3. The number of carbonyl (C=O) groups is 1. The Morgan fingerprint density at radius 2 is 1.77 bits per heavy atom. The van der Waals surface area contributed by atoms with Gasteiger partial charge in [-0.05, 0) is 55.3 Å². The first kappa shape index (κ1) is 22.9. The van der Waals surface area contributed by atoms with Gasteiger partial charge in [-0.25, -0.2) is 17.9 Å². The quantitative estimate of drug-likeness (QED) is 0.577. The second kappa shape index (κ2) is 10.5. The summed E-state index contributed by atoms with van der Waals surface area (Å²) in [6.07, 6.45) is 1.74. The molecule has 1 aliphatic heterocycles. The van der Waals surface area contributed by atoms with Crippen molar-refractivity contribution in [2.24, 2.45) is 0 Å². The normalized spacial score (nSPS) is 14.8. The van der Waals surface area contributed by atoms with Crippen LogP contribution in [0.15, 0.2) is 48.5 Å². The van der Waals surface area contributed by atoms with Crippen molar-refractivity contribution in [2.75, 3.05) is 32.1 Å². The lowest BCUT2D eigenvalue weighted by Gasteiger charge is -2.34. The molecule has 8 nitrogen and oxygen atoms in total. The first-order valence-corrected chi connectivity index (χ1v) is 12.0. The molecule has 0 bridgehead atoms. The van der Waals surface area contributed by atoms with Gasteiger partial charge in [-0.1, -0.05) is 24.3 Å². The van der Waals surface area contributed by atoms with E-state index in [-0.39, 0.29) is 17.8 Å². The number of ether oxygens (including phenoxy) is 1. The van der Waals surface area contributed by atoms with Gasteiger partial charge in [0, 0.05) is 31.4 Å². The zero-order valence-corrected chi connectivity index (χ0v) is 18.7. The number of nitrogens with zero attached hydrogens (tertiary/aromatic N) is 1. The molecular formula is C22H30N4O4S. The van der Waals surface area contributed by atoms with Crippen LogP contribution < -0.4 is 25.0 Å². The number of hydrogen-bond donors (Lipinski definition) is 3. The third-order valence-electron chi connectivity index (χ3n) is 5.38. The maximum absolute atomic E-state index is 12.3. The van der Waals surface area contributed by atoms with E-state index in [4.69, 9.17) is 4.74 Å². The molecule has 1 saturated heterocycles. The second-order valence-corrected chi connectivity index (χ2v) is 9.50. The molecule has 2 aromatic carbocycles. The summed E-state index contributed by atoms with van der Waals surface area (Å²) in [5, 5.41) is 5.90. The summed E-state index contributed by atoms with van der Waals surface area (Å²) in [7, 11) is -0.277. The van der Waals surface area contributed by atoms with Crippen molar-refractivity contribution in [1.82, 2.24) is 15.4 Å². The fraction of sp³-hybridized carbons (Fsp3) is 0.409.